The van der Waals surface area contributed by atoms with Gasteiger partial charge in [0.05, 0.1) is 25.4 Å². The van der Waals surface area contributed by atoms with E-state index in [1.807, 2.05) is 6.08 Å². The van der Waals surface area contributed by atoms with Gasteiger partial charge in [-0.05, 0) is 38.5 Å². The highest BCUT2D eigenvalue weighted by Gasteiger charge is 2.44. The predicted molar refractivity (Wildman–Crippen MR) is 286 cm³/mol. The molecule has 0 bridgehead atoms. The Kier molecular flexibility index (Phi) is 46.4. The fourth-order valence-electron chi connectivity index (χ4n) is 9.30. The smallest absolute Gasteiger partial charge is 0.220 e. The van der Waals surface area contributed by atoms with Crippen LogP contribution < -0.4 is 5.32 Å². The second-order valence-corrected chi connectivity index (χ2v) is 20.4. The van der Waals surface area contributed by atoms with Gasteiger partial charge < -0.3 is 40.3 Å². The second kappa shape index (κ2) is 49.0. The van der Waals surface area contributed by atoms with Crippen molar-refractivity contribution < 1.29 is 39.8 Å². The van der Waals surface area contributed by atoms with Crippen LogP contribution in [0.15, 0.2) is 36.5 Å². The molecular formula is C59H111NO8. The quantitative estimate of drug-likeness (QED) is 0.0261. The summed E-state index contributed by atoms with van der Waals surface area (Å²) in [5.74, 6) is -0.188. The van der Waals surface area contributed by atoms with Crippen molar-refractivity contribution in [3.8, 4) is 0 Å². The van der Waals surface area contributed by atoms with Crippen molar-refractivity contribution in [1.29, 1.82) is 0 Å². The SMILES string of the molecule is CCCC/C=C/CC/C=C/CC/C=C/C(O)C(COC1OC(CO)C(O)C(O)C1O)NC(=O)CCCCCCCCCCCCCCCCCCCCCCCCCCCCCCCCCCC. The lowest BCUT2D eigenvalue weighted by atomic mass is 9.99. The molecule has 9 nitrogen and oxygen atoms in total. The van der Waals surface area contributed by atoms with Crippen molar-refractivity contribution in [3.05, 3.63) is 36.5 Å². The zero-order valence-corrected chi connectivity index (χ0v) is 44.4. The Bertz CT molecular complexity index is 1160. The Labute approximate surface area is 419 Å². The van der Waals surface area contributed by atoms with Gasteiger partial charge in [-0.3, -0.25) is 4.79 Å². The molecule has 7 unspecified atom stereocenters. The highest BCUT2D eigenvalue weighted by Crippen LogP contribution is 2.23. The first-order valence-corrected chi connectivity index (χ1v) is 29.2. The summed E-state index contributed by atoms with van der Waals surface area (Å²) in [6, 6.07) is -0.825. The second-order valence-electron chi connectivity index (χ2n) is 20.4. The summed E-state index contributed by atoms with van der Waals surface area (Å²) in [7, 11) is 0. The first-order chi connectivity index (χ1) is 33.3. The van der Waals surface area contributed by atoms with Crippen LogP contribution in [0, 0.1) is 0 Å². The van der Waals surface area contributed by atoms with E-state index in [9.17, 15) is 30.3 Å². The topological polar surface area (TPSA) is 149 Å². The monoisotopic (exact) mass is 962 g/mol. The van der Waals surface area contributed by atoms with Gasteiger partial charge in [-0.2, -0.15) is 0 Å². The third kappa shape index (κ3) is 38.1. The van der Waals surface area contributed by atoms with E-state index < -0.39 is 49.5 Å². The maximum absolute atomic E-state index is 13.0. The van der Waals surface area contributed by atoms with Gasteiger partial charge in [0.15, 0.2) is 6.29 Å². The molecule has 6 N–H and O–H groups in total. The molecule has 0 spiro atoms. The van der Waals surface area contributed by atoms with Crippen LogP contribution in [0.2, 0.25) is 0 Å². The zero-order valence-electron chi connectivity index (χ0n) is 44.4. The Morgan fingerprint density at radius 1 is 0.485 bits per heavy atom. The van der Waals surface area contributed by atoms with Crippen LogP contribution in [0.25, 0.3) is 0 Å². The van der Waals surface area contributed by atoms with Gasteiger partial charge in [-0.1, -0.05) is 269 Å². The van der Waals surface area contributed by atoms with E-state index in [-0.39, 0.29) is 12.5 Å². The predicted octanol–water partition coefficient (Wildman–Crippen LogP) is 14.4. The van der Waals surface area contributed by atoms with Crippen LogP contribution in [0.4, 0.5) is 0 Å². The number of carbonyl (C=O) groups excluding carboxylic acids is 1. The number of hydrogen-bond donors (Lipinski definition) is 6. The molecule has 1 heterocycles. The van der Waals surface area contributed by atoms with Gasteiger partial charge in [-0.25, -0.2) is 0 Å². The molecular weight excluding hydrogens is 851 g/mol. The summed E-state index contributed by atoms with van der Waals surface area (Å²) in [5.41, 5.74) is 0. The lowest BCUT2D eigenvalue weighted by Gasteiger charge is -2.40. The molecule has 0 saturated carbocycles. The fraction of sp³-hybridized carbons (Fsp3) is 0.881. The van der Waals surface area contributed by atoms with Gasteiger partial charge in [0.25, 0.3) is 0 Å². The molecule has 7 atom stereocenters. The Balaban J connectivity index is 2.09. The van der Waals surface area contributed by atoms with Gasteiger partial charge in [0.1, 0.15) is 24.4 Å². The van der Waals surface area contributed by atoms with Crippen LogP contribution in [-0.2, 0) is 14.3 Å². The van der Waals surface area contributed by atoms with E-state index in [0.717, 1.165) is 51.4 Å². The minimum absolute atomic E-state index is 0.188. The van der Waals surface area contributed by atoms with Gasteiger partial charge in [0.2, 0.25) is 5.91 Å². The molecule has 0 aromatic rings. The molecule has 1 aliphatic rings. The number of amides is 1. The maximum Gasteiger partial charge on any atom is 0.220 e. The van der Waals surface area contributed by atoms with Crippen molar-refractivity contribution in [2.24, 2.45) is 0 Å². The van der Waals surface area contributed by atoms with Gasteiger partial charge in [0, 0.05) is 6.42 Å². The minimum atomic E-state index is -1.57. The summed E-state index contributed by atoms with van der Waals surface area (Å²) in [6.07, 6.45) is 56.8. The molecule has 68 heavy (non-hydrogen) atoms. The molecule has 0 radical (unpaired) electrons. The average Bonchev–Trinajstić information content (AvgIpc) is 3.34. The number of allylic oxidation sites excluding steroid dienone is 5. The first-order valence-electron chi connectivity index (χ1n) is 29.2. The van der Waals surface area contributed by atoms with Crippen LogP contribution >= 0.6 is 0 Å². The Morgan fingerprint density at radius 2 is 0.838 bits per heavy atom. The minimum Gasteiger partial charge on any atom is -0.394 e. The summed E-state index contributed by atoms with van der Waals surface area (Å²) in [6.45, 7) is 3.72. The van der Waals surface area contributed by atoms with E-state index in [0.29, 0.717) is 6.42 Å². The fourth-order valence-corrected chi connectivity index (χ4v) is 9.30. The first kappa shape index (κ1) is 64.4. The molecule has 0 aliphatic carbocycles. The highest BCUT2D eigenvalue weighted by molar-refractivity contribution is 5.76. The number of ether oxygens (including phenoxy) is 2. The average molecular weight is 963 g/mol. The van der Waals surface area contributed by atoms with Gasteiger partial charge in [-0.15, -0.1) is 0 Å². The summed E-state index contributed by atoms with van der Waals surface area (Å²) in [4.78, 5) is 13.0. The molecule has 1 rings (SSSR count). The van der Waals surface area contributed by atoms with Crippen molar-refractivity contribution in [2.75, 3.05) is 13.2 Å². The molecule has 0 aromatic heterocycles. The van der Waals surface area contributed by atoms with E-state index in [1.54, 1.807) is 6.08 Å². The number of aliphatic hydroxyl groups excluding tert-OH is 5. The largest absolute Gasteiger partial charge is 0.394 e. The molecule has 1 saturated heterocycles. The molecule has 0 aromatic carbocycles. The number of aliphatic hydroxyl groups is 5. The third-order valence-electron chi connectivity index (χ3n) is 13.9. The molecule has 1 fully saturated rings. The molecule has 400 valence electrons. The van der Waals surface area contributed by atoms with E-state index in [1.165, 1.54) is 205 Å². The molecule has 1 amide bonds. The van der Waals surface area contributed by atoms with Crippen LogP contribution in [0.5, 0.6) is 0 Å². The van der Waals surface area contributed by atoms with Gasteiger partial charge >= 0.3 is 0 Å². The number of unbranched alkanes of at least 4 members (excludes halogenated alkanes) is 36. The summed E-state index contributed by atoms with van der Waals surface area (Å²) >= 11 is 0. The van der Waals surface area contributed by atoms with E-state index >= 15 is 0 Å². The highest BCUT2D eigenvalue weighted by atomic mass is 16.7. The number of nitrogens with one attached hydrogen (secondary N) is 1. The summed E-state index contributed by atoms with van der Waals surface area (Å²) in [5, 5.41) is 54.3. The molecule has 1 aliphatic heterocycles. The van der Waals surface area contributed by atoms with Crippen molar-refractivity contribution in [1.82, 2.24) is 5.32 Å². The van der Waals surface area contributed by atoms with Crippen LogP contribution in [-0.4, -0.2) is 87.5 Å². The third-order valence-corrected chi connectivity index (χ3v) is 13.9. The Hall–Kier alpha value is -1.59. The normalized spacial score (nSPS) is 19.8. The lowest BCUT2D eigenvalue weighted by Crippen LogP contribution is -2.60. The van der Waals surface area contributed by atoms with Crippen LogP contribution in [0.1, 0.15) is 277 Å². The number of hydrogen-bond acceptors (Lipinski definition) is 8. The van der Waals surface area contributed by atoms with Crippen LogP contribution in [0.3, 0.4) is 0 Å². The van der Waals surface area contributed by atoms with Crippen molar-refractivity contribution in [3.63, 3.8) is 0 Å². The zero-order chi connectivity index (χ0) is 49.4. The molecule has 9 heteroatoms. The number of carbonyl (C=O) groups is 1. The van der Waals surface area contributed by atoms with E-state index in [2.05, 4.69) is 43.5 Å². The van der Waals surface area contributed by atoms with Crippen molar-refractivity contribution >= 4 is 5.91 Å². The summed E-state index contributed by atoms with van der Waals surface area (Å²) < 4.78 is 11.2. The number of rotatable bonds is 50. The standard InChI is InChI=1S/C59H111NO8/c1-3-5-7-9-11-13-15-17-18-19-20-21-22-23-24-25-26-27-28-29-30-31-32-33-34-35-36-37-39-41-43-45-47-49-55(63)60-52(51-67-59-58(66)57(65)56(64)54(50-61)68-59)53(62)48-46-44-42-40-38-16-14-12-10-8-6-4-2/h10,12,38,40,46,48,52-54,56-59,61-62,64-66H,3-9,11,13-37,39,41-45,47,49-51H2,1-2H3,(H,60,63)/b12-10+,40-38+,48-46+. The maximum atomic E-state index is 13.0. The van der Waals surface area contributed by atoms with Crippen molar-refractivity contribution in [2.45, 2.75) is 320 Å². The Morgan fingerprint density at radius 3 is 1.22 bits per heavy atom. The lowest BCUT2D eigenvalue weighted by molar-refractivity contribution is -0.302. The van der Waals surface area contributed by atoms with E-state index in [4.69, 9.17) is 9.47 Å².